The van der Waals surface area contributed by atoms with Crippen molar-refractivity contribution in [1.82, 2.24) is 20.2 Å². The van der Waals surface area contributed by atoms with Crippen LogP contribution in [-0.4, -0.2) is 20.2 Å². The molecule has 0 fully saturated rings. The number of benzene rings is 2. The van der Waals surface area contributed by atoms with E-state index in [4.69, 9.17) is 4.63 Å². The predicted molar refractivity (Wildman–Crippen MR) is 85.5 cm³/mol. The molecule has 4 rings (SSSR count). The molecule has 4 aromatic rings. The lowest BCUT2D eigenvalue weighted by atomic mass is 10.1. The molecule has 0 unspecified atom stereocenters. The van der Waals surface area contributed by atoms with Gasteiger partial charge in [0.25, 0.3) is 5.69 Å². The summed E-state index contributed by atoms with van der Waals surface area (Å²) in [4.78, 5) is 0.409. The van der Waals surface area contributed by atoms with E-state index < -0.39 is 0 Å². The minimum Gasteiger partial charge on any atom is -0.359 e. The monoisotopic (exact) mass is 319 g/mol. The van der Waals surface area contributed by atoms with E-state index in [0.717, 1.165) is 16.8 Å². The van der Waals surface area contributed by atoms with Crippen molar-refractivity contribution >= 4 is 0 Å². The number of hydrogen-bond acceptors (Lipinski definition) is 5. The first-order valence-corrected chi connectivity index (χ1v) is 7.41. The van der Waals surface area contributed by atoms with Crippen LogP contribution in [0.15, 0.2) is 71.5 Å². The first-order chi connectivity index (χ1) is 11.8. The maximum atomic E-state index is 11.9. The molecular weight excluding hydrogens is 306 g/mol. The van der Waals surface area contributed by atoms with Crippen LogP contribution in [0.1, 0.15) is 5.69 Å². The average Bonchev–Trinajstić information content (AvgIpc) is 3.25. The first kappa shape index (κ1) is 14.1. The number of aromatic nitrogens is 5. The van der Waals surface area contributed by atoms with Gasteiger partial charge in [0, 0.05) is 16.3 Å². The van der Waals surface area contributed by atoms with Crippen LogP contribution in [0.5, 0.6) is 0 Å². The zero-order chi connectivity index (χ0) is 16.4. The predicted octanol–water partition coefficient (Wildman–Crippen LogP) is 2.28. The van der Waals surface area contributed by atoms with Gasteiger partial charge in [0.05, 0.1) is 6.20 Å². The highest BCUT2D eigenvalue weighted by atomic mass is 16.8. The Balaban J connectivity index is 1.65. The molecular formula is C17H13N5O2. The third-order valence-electron chi connectivity index (χ3n) is 3.67. The summed E-state index contributed by atoms with van der Waals surface area (Å²) in [5.41, 5.74) is 3.40. The second kappa shape index (κ2) is 5.96. The highest BCUT2D eigenvalue weighted by Crippen LogP contribution is 2.20. The van der Waals surface area contributed by atoms with Crippen LogP contribution < -0.4 is 4.90 Å². The molecule has 0 aliphatic carbocycles. The molecule has 0 amide bonds. The summed E-state index contributed by atoms with van der Waals surface area (Å²) in [6, 6.07) is 19.1. The van der Waals surface area contributed by atoms with Crippen LogP contribution in [0.3, 0.4) is 0 Å². The molecule has 0 aliphatic rings. The van der Waals surface area contributed by atoms with Crippen LogP contribution in [0.25, 0.3) is 22.5 Å². The molecule has 0 atom stereocenters. The van der Waals surface area contributed by atoms with Gasteiger partial charge in [0.1, 0.15) is 12.2 Å². The summed E-state index contributed by atoms with van der Waals surface area (Å²) in [6.45, 7) is 0.219. The van der Waals surface area contributed by atoms with Gasteiger partial charge in [-0.2, -0.15) is 0 Å². The largest absolute Gasteiger partial charge is 0.359 e. The summed E-state index contributed by atoms with van der Waals surface area (Å²) in [5.74, 6) is 0. The Bertz CT molecular complexity index is 948. The quantitative estimate of drug-likeness (QED) is 0.539. The second-order valence-corrected chi connectivity index (χ2v) is 5.26. The third-order valence-corrected chi connectivity index (χ3v) is 3.67. The van der Waals surface area contributed by atoms with E-state index in [0.29, 0.717) is 16.3 Å². The normalized spacial score (nSPS) is 10.8. The second-order valence-electron chi connectivity index (χ2n) is 5.26. The van der Waals surface area contributed by atoms with E-state index >= 15 is 0 Å². The van der Waals surface area contributed by atoms with Gasteiger partial charge in [-0.05, 0) is 4.90 Å². The molecule has 24 heavy (non-hydrogen) atoms. The lowest BCUT2D eigenvalue weighted by Crippen LogP contribution is -2.29. The Morgan fingerprint density at radius 2 is 1.62 bits per heavy atom. The average molecular weight is 319 g/mol. The summed E-state index contributed by atoms with van der Waals surface area (Å²) in [7, 11) is 0. The highest BCUT2D eigenvalue weighted by molar-refractivity contribution is 5.60. The molecule has 0 N–H and O–H groups in total. The number of hydrogen-bond donors (Lipinski definition) is 0. The van der Waals surface area contributed by atoms with Gasteiger partial charge in [-0.3, -0.25) is 4.63 Å². The molecule has 0 spiro atoms. The lowest BCUT2D eigenvalue weighted by Gasteiger charge is -1.99. The SMILES string of the molecule is [O-][n+]1onc(-c2ccccc2)c1Cn1cc(-c2ccccc2)nn1. The number of nitrogens with zero attached hydrogens (tertiary/aromatic N) is 5. The van der Waals surface area contributed by atoms with Crippen LogP contribution >= 0.6 is 0 Å². The smallest absolute Gasteiger partial charge is 0.253 e. The van der Waals surface area contributed by atoms with Gasteiger partial charge >= 0.3 is 0 Å². The number of rotatable bonds is 4. The minimum absolute atomic E-state index is 0.219. The van der Waals surface area contributed by atoms with Gasteiger partial charge in [-0.15, -0.1) is 5.10 Å². The molecule has 0 aliphatic heterocycles. The molecule has 2 aromatic carbocycles. The Hall–Kier alpha value is -3.48. The topological polar surface area (TPSA) is 83.7 Å². The van der Waals surface area contributed by atoms with Crippen molar-refractivity contribution in [2.75, 3.05) is 0 Å². The molecule has 0 saturated carbocycles. The molecule has 0 saturated heterocycles. The van der Waals surface area contributed by atoms with Crippen LogP contribution in [0.4, 0.5) is 0 Å². The van der Waals surface area contributed by atoms with E-state index in [1.807, 2.05) is 60.7 Å². The highest BCUT2D eigenvalue weighted by Gasteiger charge is 2.21. The third kappa shape index (κ3) is 2.63. The van der Waals surface area contributed by atoms with Gasteiger partial charge < -0.3 is 5.21 Å². The van der Waals surface area contributed by atoms with Crippen molar-refractivity contribution in [3.05, 3.63) is 77.8 Å². The summed E-state index contributed by atoms with van der Waals surface area (Å²) < 4.78 is 6.36. The van der Waals surface area contributed by atoms with Crippen molar-refractivity contribution in [3.8, 4) is 22.5 Å². The van der Waals surface area contributed by atoms with E-state index in [1.165, 1.54) is 0 Å². The summed E-state index contributed by atoms with van der Waals surface area (Å²) >= 11 is 0. The molecule has 0 radical (unpaired) electrons. The Morgan fingerprint density at radius 3 is 2.33 bits per heavy atom. The summed E-state index contributed by atoms with van der Waals surface area (Å²) in [6.07, 6.45) is 1.79. The Kier molecular flexibility index (Phi) is 3.51. The molecule has 7 heteroatoms. The molecule has 0 bridgehead atoms. The van der Waals surface area contributed by atoms with Gasteiger partial charge in [-0.1, -0.05) is 65.9 Å². The fraction of sp³-hybridized carbons (Fsp3) is 0.0588. The lowest BCUT2D eigenvalue weighted by molar-refractivity contribution is -0.808. The molecule has 2 aromatic heterocycles. The Morgan fingerprint density at radius 1 is 0.958 bits per heavy atom. The molecule has 118 valence electrons. The van der Waals surface area contributed by atoms with Crippen LogP contribution in [-0.2, 0) is 6.54 Å². The summed E-state index contributed by atoms with van der Waals surface area (Å²) in [5, 5.41) is 24.0. The van der Waals surface area contributed by atoms with Gasteiger partial charge in [0.15, 0.2) is 0 Å². The van der Waals surface area contributed by atoms with Crippen molar-refractivity contribution in [1.29, 1.82) is 0 Å². The molecule has 7 nitrogen and oxygen atoms in total. The molecule has 2 heterocycles. The Labute approximate surface area is 137 Å². The van der Waals surface area contributed by atoms with Crippen molar-refractivity contribution < 1.29 is 9.53 Å². The first-order valence-electron chi connectivity index (χ1n) is 7.41. The standard InChI is InChI=1S/C17H13N5O2/c23-22-16(17(19-24-22)14-9-5-2-6-10-14)12-21-11-15(18-20-21)13-7-3-1-4-8-13/h1-11H,12H2. The fourth-order valence-corrected chi connectivity index (χ4v) is 2.48. The van der Waals surface area contributed by atoms with E-state index in [2.05, 4.69) is 15.5 Å². The zero-order valence-corrected chi connectivity index (χ0v) is 12.6. The van der Waals surface area contributed by atoms with Crippen molar-refractivity contribution in [2.24, 2.45) is 0 Å². The van der Waals surface area contributed by atoms with Crippen LogP contribution in [0, 0.1) is 5.21 Å². The van der Waals surface area contributed by atoms with E-state index in [-0.39, 0.29) is 6.54 Å². The maximum absolute atomic E-state index is 11.9. The van der Waals surface area contributed by atoms with E-state index in [1.54, 1.807) is 10.9 Å². The van der Waals surface area contributed by atoms with Gasteiger partial charge in [0.2, 0.25) is 5.69 Å². The van der Waals surface area contributed by atoms with Crippen LogP contribution in [0.2, 0.25) is 0 Å². The van der Waals surface area contributed by atoms with Crippen molar-refractivity contribution in [3.63, 3.8) is 0 Å². The maximum Gasteiger partial charge on any atom is 0.253 e. The van der Waals surface area contributed by atoms with Gasteiger partial charge in [-0.25, -0.2) is 4.68 Å². The minimum atomic E-state index is 0.219. The zero-order valence-electron chi connectivity index (χ0n) is 12.6. The van der Waals surface area contributed by atoms with Crippen molar-refractivity contribution in [2.45, 2.75) is 6.54 Å². The van der Waals surface area contributed by atoms with E-state index in [9.17, 15) is 5.21 Å². The fourth-order valence-electron chi connectivity index (χ4n) is 2.48.